The molecule has 1 aromatic heterocycles. The number of ether oxygens (including phenoxy) is 1. The van der Waals surface area contributed by atoms with Crippen molar-refractivity contribution in [3.05, 3.63) is 18.0 Å². The van der Waals surface area contributed by atoms with Crippen molar-refractivity contribution in [3.63, 3.8) is 0 Å². The molecule has 0 radical (unpaired) electrons. The number of aliphatic hydroxyl groups excluding tert-OH is 1. The number of hydrogen-bond acceptors (Lipinski definition) is 5. The third-order valence-corrected chi connectivity index (χ3v) is 4.12. The minimum Gasteiger partial charge on any atom is -0.477 e. The number of carboxylic acid groups (broad SMARTS) is 1. The minimum absolute atomic E-state index is 0.000255. The molecule has 0 saturated heterocycles. The number of aromatic carboxylic acids is 1. The number of aromatic nitrogens is 1. The Morgan fingerprint density at radius 1 is 1.52 bits per heavy atom. The monoisotopic (exact) mass is 320 g/mol. The van der Waals surface area contributed by atoms with Crippen LogP contribution in [0.15, 0.2) is 17.2 Å². The van der Waals surface area contributed by atoms with E-state index in [1.807, 2.05) is 6.92 Å². The molecular formula is C12H20N2O6S. The van der Waals surface area contributed by atoms with E-state index < -0.39 is 22.1 Å². The van der Waals surface area contributed by atoms with Crippen molar-refractivity contribution in [2.75, 3.05) is 20.3 Å². The fraction of sp³-hybridized carbons (Fsp3) is 0.583. The second-order valence-corrected chi connectivity index (χ2v) is 6.29. The molecule has 0 aliphatic carbocycles. The molecule has 0 spiro atoms. The minimum atomic E-state index is -3.88. The van der Waals surface area contributed by atoms with Crippen LogP contribution in [0.5, 0.6) is 0 Å². The summed E-state index contributed by atoms with van der Waals surface area (Å²) in [6.45, 7) is 2.06. The van der Waals surface area contributed by atoms with E-state index in [-0.39, 0.29) is 23.7 Å². The van der Waals surface area contributed by atoms with Crippen molar-refractivity contribution in [1.82, 2.24) is 9.29 Å². The van der Waals surface area contributed by atoms with E-state index in [4.69, 9.17) is 9.84 Å². The highest BCUT2D eigenvalue weighted by atomic mass is 32.2. The molecule has 120 valence electrons. The molecule has 1 rings (SSSR count). The van der Waals surface area contributed by atoms with E-state index in [2.05, 4.69) is 4.72 Å². The fourth-order valence-electron chi connectivity index (χ4n) is 1.78. The zero-order valence-electron chi connectivity index (χ0n) is 11.9. The van der Waals surface area contributed by atoms with Crippen molar-refractivity contribution in [2.45, 2.75) is 30.9 Å². The molecule has 1 heterocycles. The van der Waals surface area contributed by atoms with Crippen LogP contribution in [-0.2, 0) is 21.3 Å². The summed E-state index contributed by atoms with van der Waals surface area (Å²) in [4.78, 5) is 11.0. The number of carbonyl (C=O) groups is 1. The van der Waals surface area contributed by atoms with Gasteiger partial charge in [-0.1, -0.05) is 6.92 Å². The van der Waals surface area contributed by atoms with Crippen LogP contribution in [0.25, 0.3) is 0 Å². The van der Waals surface area contributed by atoms with Gasteiger partial charge in [0.05, 0.1) is 12.7 Å². The molecule has 0 aliphatic heterocycles. The first-order valence-corrected chi connectivity index (χ1v) is 7.90. The normalized spacial score (nSPS) is 13.3. The van der Waals surface area contributed by atoms with Crippen LogP contribution in [0.2, 0.25) is 0 Å². The number of hydrogen-bond donors (Lipinski definition) is 3. The van der Waals surface area contributed by atoms with E-state index in [1.165, 1.54) is 17.9 Å². The summed E-state index contributed by atoms with van der Waals surface area (Å²) in [6.07, 6.45) is 0.980. The van der Waals surface area contributed by atoms with Gasteiger partial charge in [0.15, 0.2) is 0 Å². The number of carboxylic acids is 1. The summed E-state index contributed by atoms with van der Waals surface area (Å²) < 4.78 is 32.4. The largest absolute Gasteiger partial charge is 0.477 e. The lowest BCUT2D eigenvalue weighted by Gasteiger charge is -2.10. The first-order chi connectivity index (χ1) is 9.81. The standard InChI is InChI=1S/C12H20N2O6S/c1-3-4-14-7-10(5-11(14)12(16)17)21(18,19)13-6-9(15)8-20-2/h5,7,9,13,15H,3-4,6,8H2,1-2H3,(H,16,17). The Balaban J connectivity index is 2.93. The summed E-state index contributed by atoms with van der Waals surface area (Å²) in [7, 11) is -2.49. The smallest absolute Gasteiger partial charge is 0.352 e. The van der Waals surface area contributed by atoms with E-state index >= 15 is 0 Å². The molecule has 0 aromatic carbocycles. The Labute approximate surface area is 123 Å². The highest BCUT2D eigenvalue weighted by molar-refractivity contribution is 7.89. The second kappa shape index (κ2) is 7.55. The number of nitrogens with zero attached hydrogens (tertiary/aromatic N) is 1. The van der Waals surface area contributed by atoms with Gasteiger partial charge in [0, 0.05) is 26.4 Å². The molecule has 21 heavy (non-hydrogen) atoms. The van der Waals surface area contributed by atoms with E-state index in [9.17, 15) is 18.3 Å². The van der Waals surface area contributed by atoms with Gasteiger partial charge in [0.1, 0.15) is 10.6 Å². The maximum Gasteiger partial charge on any atom is 0.352 e. The molecule has 9 heteroatoms. The molecule has 1 unspecified atom stereocenters. The number of nitrogens with one attached hydrogen (secondary N) is 1. The predicted molar refractivity (Wildman–Crippen MR) is 74.8 cm³/mol. The van der Waals surface area contributed by atoms with Crippen molar-refractivity contribution in [3.8, 4) is 0 Å². The van der Waals surface area contributed by atoms with Gasteiger partial charge in [0.25, 0.3) is 0 Å². The number of sulfonamides is 1. The summed E-state index contributed by atoms with van der Waals surface area (Å²) in [5, 5.41) is 18.5. The Hall–Kier alpha value is -1.42. The first-order valence-electron chi connectivity index (χ1n) is 6.42. The quantitative estimate of drug-likeness (QED) is 0.584. The zero-order chi connectivity index (χ0) is 16.0. The molecule has 8 nitrogen and oxygen atoms in total. The Morgan fingerprint density at radius 3 is 2.71 bits per heavy atom. The lowest BCUT2D eigenvalue weighted by atomic mass is 10.4. The van der Waals surface area contributed by atoms with Gasteiger partial charge in [-0.05, 0) is 12.5 Å². The molecule has 0 amide bonds. The Kier molecular flexibility index (Phi) is 6.34. The van der Waals surface area contributed by atoms with Crippen molar-refractivity contribution in [2.24, 2.45) is 0 Å². The van der Waals surface area contributed by atoms with E-state index in [1.54, 1.807) is 0 Å². The van der Waals surface area contributed by atoms with Gasteiger partial charge in [-0.2, -0.15) is 0 Å². The number of rotatable bonds is 9. The number of aryl methyl sites for hydroxylation is 1. The predicted octanol–water partition coefficient (Wildman–Crippen LogP) is -0.118. The van der Waals surface area contributed by atoms with Crippen LogP contribution >= 0.6 is 0 Å². The summed E-state index contributed by atoms with van der Waals surface area (Å²) in [5.41, 5.74) is -0.0883. The van der Waals surface area contributed by atoms with Gasteiger partial charge in [-0.15, -0.1) is 0 Å². The summed E-state index contributed by atoms with van der Waals surface area (Å²) >= 11 is 0. The lowest BCUT2D eigenvalue weighted by Crippen LogP contribution is -2.34. The van der Waals surface area contributed by atoms with Crippen molar-refractivity contribution >= 4 is 16.0 Å². The summed E-state index contributed by atoms with van der Waals surface area (Å²) in [6, 6.07) is 1.10. The van der Waals surface area contributed by atoms with Crippen LogP contribution < -0.4 is 4.72 Å². The molecule has 0 bridgehead atoms. The SMILES string of the molecule is CCCn1cc(S(=O)(=O)NCC(O)COC)cc1C(=O)O. The number of methoxy groups -OCH3 is 1. The maximum absolute atomic E-state index is 12.1. The maximum atomic E-state index is 12.1. The highest BCUT2D eigenvalue weighted by Crippen LogP contribution is 2.15. The number of aliphatic hydroxyl groups is 1. The Bertz CT molecular complexity index is 581. The van der Waals surface area contributed by atoms with E-state index in [0.717, 1.165) is 6.07 Å². The van der Waals surface area contributed by atoms with Gasteiger partial charge < -0.3 is 19.5 Å². The Morgan fingerprint density at radius 2 is 2.19 bits per heavy atom. The van der Waals surface area contributed by atoms with Crippen molar-refractivity contribution < 1.29 is 28.2 Å². The molecular weight excluding hydrogens is 300 g/mol. The third kappa shape index (κ3) is 4.81. The topological polar surface area (TPSA) is 118 Å². The van der Waals surface area contributed by atoms with Gasteiger partial charge in [-0.3, -0.25) is 0 Å². The molecule has 0 aliphatic rings. The van der Waals surface area contributed by atoms with Crippen LogP contribution in [0.4, 0.5) is 0 Å². The van der Waals surface area contributed by atoms with Crippen LogP contribution in [-0.4, -0.2) is 55.5 Å². The molecule has 1 aromatic rings. The van der Waals surface area contributed by atoms with E-state index in [0.29, 0.717) is 13.0 Å². The van der Waals surface area contributed by atoms with Crippen LogP contribution in [0.3, 0.4) is 0 Å². The second-order valence-electron chi connectivity index (χ2n) is 4.52. The first kappa shape index (κ1) is 17.6. The van der Waals surface area contributed by atoms with Crippen LogP contribution in [0.1, 0.15) is 23.8 Å². The zero-order valence-corrected chi connectivity index (χ0v) is 12.8. The lowest BCUT2D eigenvalue weighted by molar-refractivity contribution is 0.0678. The van der Waals surface area contributed by atoms with Gasteiger partial charge in [-0.25, -0.2) is 17.9 Å². The molecule has 1 atom stereocenters. The molecule has 0 fully saturated rings. The molecule has 3 N–H and O–H groups in total. The van der Waals surface area contributed by atoms with Crippen molar-refractivity contribution in [1.29, 1.82) is 0 Å². The average molecular weight is 320 g/mol. The summed E-state index contributed by atoms with van der Waals surface area (Å²) in [5.74, 6) is -1.19. The van der Waals surface area contributed by atoms with Crippen LogP contribution in [0, 0.1) is 0 Å². The average Bonchev–Trinajstić information content (AvgIpc) is 2.82. The molecule has 0 saturated carbocycles. The highest BCUT2D eigenvalue weighted by Gasteiger charge is 2.21. The van der Waals surface area contributed by atoms with Gasteiger partial charge in [0.2, 0.25) is 10.0 Å². The third-order valence-electron chi connectivity index (χ3n) is 2.73. The fourth-order valence-corrected chi connectivity index (χ4v) is 2.89. The van der Waals surface area contributed by atoms with Gasteiger partial charge >= 0.3 is 5.97 Å².